The maximum absolute atomic E-state index is 13.1. The molecule has 0 saturated carbocycles. The first-order chi connectivity index (χ1) is 13.2. The molecule has 2 aromatic rings. The Morgan fingerprint density at radius 2 is 2.11 bits per heavy atom. The van der Waals surface area contributed by atoms with Gasteiger partial charge in [-0.3, -0.25) is 14.7 Å². The first-order valence-electron chi connectivity index (χ1n) is 9.85. The van der Waals surface area contributed by atoms with Crippen LogP contribution in [0, 0.1) is 6.92 Å². The Morgan fingerprint density at radius 1 is 1.30 bits per heavy atom. The van der Waals surface area contributed by atoms with Gasteiger partial charge in [0.1, 0.15) is 0 Å². The van der Waals surface area contributed by atoms with E-state index in [2.05, 4.69) is 59.4 Å². The molecule has 1 atom stereocenters. The molecule has 3 rings (SSSR count). The summed E-state index contributed by atoms with van der Waals surface area (Å²) < 4.78 is 0. The molecular formula is C22H30N4O. The standard InChI is InChI=1S/C22H30N4O/c1-3-12-26(16-19-8-6-18(2)7-9-19)22(27)17-25-13-11-24-15-21(25)20-5-4-10-23-14-20/h4-10,14,21,24H,3,11-13,15-17H2,1-2H3. The van der Waals surface area contributed by atoms with Crippen LogP contribution in [0.1, 0.15) is 36.1 Å². The van der Waals surface area contributed by atoms with Crippen LogP contribution in [0.25, 0.3) is 0 Å². The van der Waals surface area contributed by atoms with Gasteiger partial charge in [0.05, 0.1) is 6.54 Å². The average Bonchev–Trinajstić information content (AvgIpc) is 2.70. The second-order valence-electron chi connectivity index (χ2n) is 7.28. The number of nitrogens with one attached hydrogen (secondary N) is 1. The second kappa shape index (κ2) is 9.62. The van der Waals surface area contributed by atoms with E-state index in [1.807, 2.05) is 17.2 Å². The minimum Gasteiger partial charge on any atom is -0.337 e. The Kier molecular flexibility index (Phi) is 6.96. The molecular weight excluding hydrogens is 336 g/mol. The quantitative estimate of drug-likeness (QED) is 0.819. The van der Waals surface area contributed by atoms with Crippen LogP contribution in [0.2, 0.25) is 0 Å². The van der Waals surface area contributed by atoms with Crippen LogP contribution in [-0.4, -0.2) is 53.4 Å². The smallest absolute Gasteiger partial charge is 0.237 e. The predicted molar refractivity (Wildman–Crippen MR) is 108 cm³/mol. The molecule has 1 aromatic heterocycles. The van der Waals surface area contributed by atoms with Crippen LogP contribution in [0.5, 0.6) is 0 Å². The molecule has 1 saturated heterocycles. The van der Waals surface area contributed by atoms with Crippen LogP contribution >= 0.6 is 0 Å². The molecule has 0 spiro atoms. The molecule has 5 nitrogen and oxygen atoms in total. The summed E-state index contributed by atoms with van der Waals surface area (Å²) >= 11 is 0. The Morgan fingerprint density at radius 3 is 2.81 bits per heavy atom. The molecule has 1 aliphatic heterocycles. The summed E-state index contributed by atoms with van der Waals surface area (Å²) in [7, 11) is 0. The normalized spacial score (nSPS) is 17.6. The van der Waals surface area contributed by atoms with E-state index < -0.39 is 0 Å². The van der Waals surface area contributed by atoms with Crippen molar-refractivity contribution >= 4 is 5.91 Å². The first-order valence-corrected chi connectivity index (χ1v) is 9.85. The summed E-state index contributed by atoms with van der Waals surface area (Å²) in [5, 5.41) is 3.44. The van der Waals surface area contributed by atoms with Crippen molar-refractivity contribution in [2.45, 2.75) is 32.9 Å². The zero-order chi connectivity index (χ0) is 19.1. The zero-order valence-corrected chi connectivity index (χ0v) is 16.4. The molecule has 0 bridgehead atoms. The highest BCUT2D eigenvalue weighted by molar-refractivity contribution is 5.78. The molecule has 1 N–H and O–H groups in total. The van der Waals surface area contributed by atoms with Gasteiger partial charge in [0.25, 0.3) is 0 Å². The van der Waals surface area contributed by atoms with Crippen molar-refractivity contribution in [3.8, 4) is 0 Å². The third-order valence-electron chi connectivity index (χ3n) is 5.10. The van der Waals surface area contributed by atoms with Gasteiger partial charge in [0.15, 0.2) is 0 Å². The van der Waals surface area contributed by atoms with Crippen molar-refractivity contribution in [3.05, 3.63) is 65.5 Å². The predicted octanol–water partition coefficient (Wildman–Crippen LogP) is 2.78. The molecule has 1 amide bonds. The number of carbonyl (C=O) groups excluding carboxylic acids is 1. The van der Waals surface area contributed by atoms with E-state index in [1.165, 1.54) is 11.1 Å². The number of nitrogens with zero attached hydrogens (tertiary/aromatic N) is 3. The highest BCUT2D eigenvalue weighted by atomic mass is 16.2. The van der Waals surface area contributed by atoms with Crippen molar-refractivity contribution in [1.29, 1.82) is 0 Å². The minimum atomic E-state index is 0.194. The molecule has 144 valence electrons. The SMILES string of the molecule is CCCN(Cc1ccc(C)cc1)C(=O)CN1CCNCC1c1cccnc1. The summed E-state index contributed by atoms with van der Waals surface area (Å²) in [4.78, 5) is 21.6. The molecule has 27 heavy (non-hydrogen) atoms. The van der Waals surface area contributed by atoms with E-state index >= 15 is 0 Å². The van der Waals surface area contributed by atoms with E-state index in [1.54, 1.807) is 6.20 Å². The van der Waals surface area contributed by atoms with Gasteiger partial charge in [-0.15, -0.1) is 0 Å². The highest BCUT2D eigenvalue weighted by Gasteiger charge is 2.27. The van der Waals surface area contributed by atoms with Gasteiger partial charge >= 0.3 is 0 Å². The minimum absolute atomic E-state index is 0.194. The number of hydrogen-bond donors (Lipinski definition) is 1. The molecule has 5 heteroatoms. The highest BCUT2D eigenvalue weighted by Crippen LogP contribution is 2.21. The van der Waals surface area contributed by atoms with E-state index in [0.29, 0.717) is 13.1 Å². The molecule has 0 aliphatic carbocycles. The van der Waals surface area contributed by atoms with Crippen LogP contribution in [0.3, 0.4) is 0 Å². The molecule has 1 fully saturated rings. The molecule has 0 radical (unpaired) electrons. The summed E-state index contributed by atoms with van der Waals surface area (Å²) in [6, 6.07) is 12.7. The molecule has 1 aliphatic rings. The lowest BCUT2D eigenvalue weighted by molar-refractivity contribution is -0.134. The number of rotatable bonds is 7. The number of pyridine rings is 1. The van der Waals surface area contributed by atoms with Gasteiger partial charge in [-0.25, -0.2) is 0 Å². The average molecular weight is 367 g/mol. The number of aryl methyl sites for hydroxylation is 1. The zero-order valence-electron chi connectivity index (χ0n) is 16.4. The van der Waals surface area contributed by atoms with E-state index in [-0.39, 0.29) is 11.9 Å². The lowest BCUT2D eigenvalue weighted by Gasteiger charge is -2.37. The van der Waals surface area contributed by atoms with Gasteiger partial charge in [-0.1, -0.05) is 42.8 Å². The summed E-state index contributed by atoms with van der Waals surface area (Å²) in [5.74, 6) is 0.202. The topological polar surface area (TPSA) is 48.5 Å². The van der Waals surface area contributed by atoms with Gasteiger partial charge in [-0.05, 0) is 30.5 Å². The Hall–Kier alpha value is -2.24. The maximum atomic E-state index is 13.1. The number of piperazine rings is 1. The maximum Gasteiger partial charge on any atom is 0.237 e. The van der Waals surface area contributed by atoms with E-state index in [4.69, 9.17) is 0 Å². The Balaban J connectivity index is 1.68. The van der Waals surface area contributed by atoms with E-state index in [0.717, 1.165) is 38.2 Å². The number of benzene rings is 1. The van der Waals surface area contributed by atoms with Crippen molar-refractivity contribution in [3.63, 3.8) is 0 Å². The third-order valence-corrected chi connectivity index (χ3v) is 5.10. The fourth-order valence-electron chi connectivity index (χ4n) is 3.59. The summed E-state index contributed by atoms with van der Waals surface area (Å²) in [6.07, 6.45) is 4.66. The van der Waals surface area contributed by atoms with Crippen LogP contribution in [-0.2, 0) is 11.3 Å². The Bertz CT molecular complexity index is 717. The second-order valence-corrected chi connectivity index (χ2v) is 7.28. The number of aromatic nitrogens is 1. The largest absolute Gasteiger partial charge is 0.337 e. The number of hydrogen-bond acceptors (Lipinski definition) is 4. The fraction of sp³-hybridized carbons (Fsp3) is 0.455. The lowest BCUT2D eigenvalue weighted by Crippen LogP contribution is -2.50. The first kappa shape index (κ1) is 19.5. The monoisotopic (exact) mass is 366 g/mol. The van der Waals surface area contributed by atoms with Gasteiger partial charge in [-0.2, -0.15) is 0 Å². The van der Waals surface area contributed by atoms with Crippen molar-refractivity contribution in [2.75, 3.05) is 32.7 Å². The van der Waals surface area contributed by atoms with E-state index in [9.17, 15) is 4.79 Å². The summed E-state index contributed by atoms with van der Waals surface area (Å²) in [6.45, 7) is 8.76. The summed E-state index contributed by atoms with van der Waals surface area (Å²) in [5.41, 5.74) is 3.59. The van der Waals surface area contributed by atoms with Crippen molar-refractivity contribution < 1.29 is 4.79 Å². The third kappa shape index (κ3) is 5.37. The Labute approximate surface area is 162 Å². The van der Waals surface area contributed by atoms with Crippen molar-refractivity contribution in [1.82, 2.24) is 20.1 Å². The fourth-order valence-corrected chi connectivity index (χ4v) is 3.59. The van der Waals surface area contributed by atoms with Gasteiger partial charge in [0, 0.05) is 51.2 Å². The number of carbonyl (C=O) groups is 1. The van der Waals surface area contributed by atoms with Gasteiger partial charge in [0.2, 0.25) is 5.91 Å². The van der Waals surface area contributed by atoms with Gasteiger partial charge < -0.3 is 10.2 Å². The van der Waals surface area contributed by atoms with Crippen molar-refractivity contribution in [2.24, 2.45) is 0 Å². The number of amides is 1. The molecule has 1 unspecified atom stereocenters. The van der Waals surface area contributed by atoms with Crippen LogP contribution in [0.4, 0.5) is 0 Å². The van der Waals surface area contributed by atoms with Crippen LogP contribution in [0.15, 0.2) is 48.8 Å². The van der Waals surface area contributed by atoms with Crippen LogP contribution < -0.4 is 5.32 Å². The molecule has 2 heterocycles. The molecule has 1 aromatic carbocycles. The lowest BCUT2D eigenvalue weighted by atomic mass is 10.1.